The number of benzene rings is 3. The third kappa shape index (κ3) is 8.63. The molecule has 10 heteroatoms. The van der Waals surface area contributed by atoms with E-state index < -0.39 is 25.5 Å². The largest absolute Gasteiger partial charge is 0.483 e. The predicted molar refractivity (Wildman–Crippen MR) is 175 cm³/mol. The van der Waals surface area contributed by atoms with Crippen LogP contribution >= 0.6 is 0 Å². The normalized spacial score (nSPS) is 13.0. The maximum absolute atomic E-state index is 13.8. The number of ether oxygens (including phenoxy) is 2. The average molecular weight is 627 g/mol. The summed E-state index contributed by atoms with van der Waals surface area (Å²) in [5, 5.41) is 16.2. The topological polar surface area (TPSA) is 91.4 Å². The number of aliphatic hydroxyl groups is 1. The summed E-state index contributed by atoms with van der Waals surface area (Å²) in [6.07, 6.45) is 3.91. The van der Waals surface area contributed by atoms with Crippen LogP contribution in [-0.2, 0) is 24.6 Å². The highest BCUT2D eigenvalue weighted by atomic mass is 28.3. The number of rotatable bonds is 14. The Morgan fingerprint density at radius 3 is 2.29 bits per heavy atom. The van der Waals surface area contributed by atoms with Crippen molar-refractivity contribution in [3.63, 3.8) is 0 Å². The minimum Gasteiger partial charge on any atom is -0.483 e. The molecule has 0 amide bonds. The van der Waals surface area contributed by atoms with Gasteiger partial charge in [-0.1, -0.05) is 92.4 Å². The molecule has 0 radical (unpaired) electrons. The van der Waals surface area contributed by atoms with Gasteiger partial charge >= 0.3 is 0 Å². The van der Waals surface area contributed by atoms with Crippen molar-refractivity contribution in [2.45, 2.75) is 57.6 Å². The lowest BCUT2D eigenvalue weighted by molar-refractivity contribution is 0.0766. The first-order chi connectivity index (χ1) is 21.7. The number of aromatic nitrogens is 4. The zero-order valence-corrected chi connectivity index (χ0v) is 26.8. The van der Waals surface area contributed by atoms with E-state index in [2.05, 4.69) is 29.7 Å². The highest BCUT2D eigenvalue weighted by Gasteiger charge is 2.26. The van der Waals surface area contributed by atoms with Gasteiger partial charge in [-0.15, -0.1) is 0 Å². The molecule has 45 heavy (non-hydrogen) atoms. The Hall–Kier alpha value is -4.38. The van der Waals surface area contributed by atoms with Crippen LogP contribution in [0.5, 0.6) is 5.75 Å². The van der Waals surface area contributed by atoms with Crippen molar-refractivity contribution in [2.24, 2.45) is 0 Å². The summed E-state index contributed by atoms with van der Waals surface area (Å²) in [6.45, 7) is 7.90. The summed E-state index contributed by atoms with van der Waals surface area (Å²) < 4.78 is 29.0. The third-order valence-corrected chi connectivity index (χ3v) is 9.18. The van der Waals surface area contributed by atoms with Gasteiger partial charge in [0.15, 0.2) is 17.3 Å². The first-order valence-corrected chi connectivity index (χ1v) is 18.7. The van der Waals surface area contributed by atoms with Gasteiger partial charge in [0.05, 0.1) is 18.8 Å². The molecule has 0 saturated heterocycles. The zero-order valence-electron chi connectivity index (χ0n) is 25.8. The second kappa shape index (κ2) is 14.6. The lowest BCUT2D eigenvalue weighted by Crippen LogP contribution is -2.27. The van der Waals surface area contributed by atoms with E-state index in [0.29, 0.717) is 12.4 Å². The van der Waals surface area contributed by atoms with E-state index in [0.717, 1.165) is 22.7 Å². The van der Waals surface area contributed by atoms with E-state index in [9.17, 15) is 14.3 Å². The number of imidazole rings is 1. The van der Waals surface area contributed by atoms with E-state index in [-0.39, 0.29) is 37.1 Å². The summed E-state index contributed by atoms with van der Waals surface area (Å²) in [4.78, 5) is 18.2. The lowest BCUT2D eigenvalue weighted by atomic mass is 9.86. The molecule has 0 unspecified atom stereocenters. The first-order valence-electron chi connectivity index (χ1n) is 15.0. The number of hydrogen-bond donors (Lipinski definition) is 1. The molecule has 5 rings (SSSR count). The minimum atomic E-state index is -1.29. The summed E-state index contributed by atoms with van der Waals surface area (Å²) in [5.74, 6) is -0.377. The molecular weight excluding hydrogens is 587 g/mol. The van der Waals surface area contributed by atoms with E-state index in [1.807, 2.05) is 60.7 Å². The van der Waals surface area contributed by atoms with Crippen molar-refractivity contribution in [1.29, 1.82) is 0 Å². The monoisotopic (exact) mass is 626 g/mol. The fraction of sp³-hybridized carbons (Fsp3) is 0.286. The van der Waals surface area contributed by atoms with Gasteiger partial charge in [-0.05, 0) is 34.9 Å². The molecule has 5 aromatic rings. The molecule has 2 heterocycles. The fourth-order valence-electron chi connectivity index (χ4n) is 5.05. The fourth-order valence-corrected chi connectivity index (χ4v) is 5.80. The smallest absolute Gasteiger partial charge is 0.253 e. The maximum atomic E-state index is 13.8. The van der Waals surface area contributed by atoms with Gasteiger partial charge in [-0.3, -0.25) is 4.79 Å². The minimum absolute atomic E-state index is 0.0876. The molecule has 2 aromatic heterocycles. The SMILES string of the molecule is C[Si](C)(C)CCOCn1cc(OCc2ccccc2)c(=O)c(-c2nccn2C[C@H](O)[C@H](c2ccccc2)c2ccc(F)cc2)n1. The van der Waals surface area contributed by atoms with E-state index in [1.54, 1.807) is 40.0 Å². The average Bonchev–Trinajstić information content (AvgIpc) is 3.48. The molecule has 0 fully saturated rings. The van der Waals surface area contributed by atoms with Crippen molar-refractivity contribution >= 4 is 8.07 Å². The Morgan fingerprint density at radius 1 is 0.933 bits per heavy atom. The molecule has 0 aliphatic rings. The van der Waals surface area contributed by atoms with E-state index in [1.165, 1.54) is 12.1 Å². The van der Waals surface area contributed by atoms with Crippen molar-refractivity contribution in [3.8, 4) is 17.3 Å². The molecule has 0 saturated carbocycles. The summed E-state index contributed by atoms with van der Waals surface area (Å²) in [7, 11) is -1.29. The predicted octanol–water partition coefficient (Wildman–Crippen LogP) is 6.33. The molecule has 8 nitrogen and oxygen atoms in total. The Kier molecular flexibility index (Phi) is 10.4. The molecule has 0 bridgehead atoms. The van der Waals surface area contributed by atoms with Crippen LogP contribution in [0.3, 0.4) is 0 Å². The summed E-state index contributed by atoms with van der Waals surface area (Å²) in [6, 6.07) is 26.3. The van der Waals surface area contributed by atoms with Crippen molar-refractivity contribution in [3.05, 3.63) is 136 Å². The Morgan fingerprint density at radius 2 is 1.60 bits per heavy atom. The second-order valence-corrected chi connectivity index (χ2v) is 17.9. The number of nitrogens with zero attached hydrogens (tertiary/aromatic N) is 4. The molecule has 0 aliphatic carbocycles. The number of halogens is 1. The number of aliphatic hydroxyl groups excluding tert-OH is 1. The van der Waals surface area contributed by atoms with Crippen LogP contribution < -0.4 is 10.2 Å². The quantitative estimate of drug-likeness (QED) is 0.114. The Labute approximate surface area is 263 Å². The van der Waals surface area contributed by atoms with Gasteiger partial charge < -0.3 is 19.1 Å². The van der Waals surface area contributed by atoms with Crippen LogP contribution in [0.15, 0.2) is 108 Å². The van der Waals surface area contributed by atoms with Crippen LogP contribution in [0.4, 0.5) is 4.39 Å². The van der Waals surface area contributed by atoms with Crippen molar-refractivity contribution in [1.82, 2.24) is 19.3 Å². The summed E-state index contributed by atoms with van der Waals surface area (Å²) in [5.41, 5.74) is 2.24. The van der Waals surface area contributed by atoms with Crippen LogP contribution in [0.1, 0.15) is 22.6 Å². The van der Waals surface area contributed by atoms with Gasteiger partial charge in [0.25, 0.3) is 5.43 Å². The van der Waals surface area contributed by atoms with Gasteiger partial charge in [0.2, 0.25) is 0 Å². The second-order valence-electron chi connectivity index (χ2n) is 12.2. The molecular formula is C35H39FN4O4Si. The molecule has 0 spiro atoms. The molecule has 2 atom stereocenters. The van der Waals surface area contributed by atoms with Crippen LogP contribution in [0, 0.1) is 5.82 Å². The van der Waals surface area contributed by atoms with E-state index in [4.69, 9.17) is 9.47 Å². The Balaban J connectivity index is 1.45. The van der Waals surface area contributed by atoms with Gasteiger partial charge in [-0.2, -0.15) is 5.10 Å². The maximum Gasteiger partial charge on any atom is 0.253 e. The van der Waals surface area contributed by atoms with E-state index >= 15 is 0 Å². The van der Waals surface area contributed by atoms with Gasteiger partial charge in [0.1, 0.15) is 19.2 Å². The van der Waals surface area contributed by atoms with Crippen LogP contribution in [0.25, 0.3) is 11.5 Å². The van der Waals surface area contributed by atoms with Gasteiger partial charge in [0, 0.05) is 33.0 Å². The highest BCUT2D eigenvalue weighted by Crippen LogP contribution is 2.30. The molecule has 234 valence electrons. The zero-order chi connectivity index (χ0) is 31.8. The summed E-state index contributed by atoms with van der Waals surface area (Å²) >= 11 is 0. The Bertz CT molecular complexity index is 1720. The first kappa shape index (κ1) is 32.0. The van der Waals surface area contributed by atoms with Crippen molar-refractivity contribution in [2.75, 3.05) is 6.61 Å². The van der Waals surface area contributed by atoms with Crippen LogP contribution in [-0.4, -0.2) is 45.2 Å². The van der Waals surface area contributed by atoms with Crippen LogP contribution in [0.2, 0.25) is 25.7 Å². The van der Waals surface area contributed by atoms with Crippen molar-refractivity contribution < 1.29 is 19.0 Å². The standard InChI is InChI=1S/C35H39FN4O4Si/c1-45(2,3)21-20-43-25-40-23-31(44-24-26-10-6-4-7-11-26)34(42)33(38-40)35-37-18-19-39(35)22-30(41)32(27-12-8-5-9-13-27)28-14-16-29(36)17-15-28/h4-19,23,30,32,41H,20-22,24-25H2,1-3H3/t30-,32+/m0/s1. The highest BCUT2D eigenvalue weighted by molar-refractivity contribution is 6.76. The lowest BCUT2D eigenvalue weighted by Gasteiger charge is -2.25. The third-order valence-electron chi connectivity index (χ3n) is 7.47. The molecule has 3 aromatic carbocycles. The molecule has 0 aliphatic heterocycles. The molecule has 1 N–H and O–H groups in total. The number of hydrogen-bond acceptors (Lipinski definition) is 6. The van der Waals surface area contributed by atoms with Gasteiger partial charge in [-0.25, -0.2) is 14.1 Å².